The molecule has 1 aliphatic heterocycles. The molecule has 0 aromatic heterocycles. The van der Waals surface area contributed by atoms with Gasteiger partial charge in [-0.2, -0.15) is 0 Å². The number of azide groups is 1. The number of benzene rings is 3. The summed E-state index contributed by atoms with van der Waals surface area (Å²) in [5.74, 6) is 0.910. The second-order valence-electron chi connectivity index (χ2n) is 8.79. The third-order valence-corrected chi connectivity index (χ3v) is 6.31. The highest BCUT2D eigenvalue weighted by Crippen LogP contribution is 2.19. The van der Waals surface area contributed by atoms with Crippen molar-refractivity contribution in [3.05, 3.63) is 112 Å². The molecule has 180 valence electrons. The molecule has 1 aliphatic rings. The molecule has 0 N–H and O–H groups in total. The lowest BCUT2D eigenvalue weighted by atomic mass is 10.0. The first-order valence-corrected chi connectivity index (χ1v) is 12.0. The Morgan fingerprint density at radius 1 is 0.857 bits per heavy atom. The lowest BCUT2D eigenvalue weighted by Crippen LogP contribution is -2.44. The van der Waals surface area contributed by atoms with Gasteiger partial charge in [-0.3, -0.25) is 9.69 Å². The van der Waals surface area contributed by atoms with Gasteiger partial charge in [0.15, 0.2) is 0 Å². The molecule has 3 aromatic carbocycles. The smallest absolute Gasteiger partial charge is 0.224 e. The van der Waals surface area contributed by atoms with Crippen molar-refractivity contribution in [2.45, 2.75) is 32.0 Å². The van der Waals surface area contributed by atoms with Gasteiger partial charge in [-0.15, -0.1) is 0 Å². The topological polar surface area (TPSA) is 81.5 Å². The van der Waals surface area contributed by atoms with Gasteiger partial charge >= 0.3 is 0 Å². The van der Waals surface area contributed by atoms with Crippen molar-refractivity contribution in [2.75, 3.05) is 26.2 Å². The molecule has 0 radical (unpaired) electrons. The maximum atomic E-state index is 13.0. The molecule has 1 atom stereocenters. The average Bonchev–Trinajstić information content (AvgIpc) is 3.08. The molecule has 1 amide bonds. The predicted octanol–water partition coefficient (Wildman–Crippen LogP) is 5.22. The molecule has 1 heterocycles. The second kappa shape index (κ2) is 12.6. The van der Waals surface area contributed by atoms with E-state index in [0.717, 1.165) is 36.5 Å². The van der Waals surface area contributed by atoms with Crippen molar-refractivity contribution >= 4 is 5.91 Å². The number of nitrogens with zero attached hydrogens (tertiary/aromatic N) is 5. The largest absolute Gasteiger partial charge is 0.489 e. The van der Waals surface area contributed by atoms with E-state index in [1.165, 1.54) is 5.56 Å². The summed E-state index contributed by atoms with van der Waals surface area (Å²) in [6.07, 6.45) is 1.09. The van der Waals surface area contributed by atoms with Crippen molar-refractivity contribution < 1.29 is 9.53 Å². The van der Waals surface area contributed by atoms with E-state index in [-0.39, 0.29) is 18.5 Å². The van der Waals surface area contributed by atoms with Crippen LogP contribution in [0.15, 0.2) is 90.0 Å². The second-order valence-corrected chi connectivity index (χ2v) is 8.79. The zero-order chi connectivity index (χ0) is 24.3. The number of ether oxygens (including phenoxy) is 1. The first-order valence-electron chi connectivity index (χ1n) is 12.0. The van der Waals surface area contributed by atoms with Crippen LogP contribution in [0.1, 0.15) is 23.1 Å². The first kappa shape index (κ1) is 24.3. The van der Waals surface area contributed by atoms with Crippen LogP contribution in [0.4, 0.5) is 0 Å². The number of rotatable bonds is 10. The highest BCUT2D eigenvalue weighted by Gasteiger charge is 2.27. The summed E-state index contributed by atoms with van der Waals surface area (Å²) in [6, 6.07) is 28.1. The van der Waals surface area contributed by atoms with E-state index in [2.05, 4.69) is 27.1 Å². The van der Waals surface area contributed by atoms with Crippen LogP contribution in [0.3, 0.4) is 0 Å². The zero-order valence-electron chi connectivity index (χ0n) is 19.9. The first-order chi connectivity index (χ1) is 17.2. The maximum Gasteiger partial charge on any atom is 0.224 e. The van der Waals surface area contributed by atoms with Crippen LogP contribution < -0.4 is 4.74 Å². The molecule has 1 saturated heterocycles. The summed E-state index contributed by atoms with van der Waals surface area (Å²) in [5, 5.41) is 3.82. The van der Waals surface area contributed by atoms with Crippen LogP contribution in [0, 0.1) is 0 Å². The van der Waals surface area contributed by atoms with Gasteiger partial charge in [-0.25, -0.2) is 0 Å². The van der Waals surface area contributed by atoms with Gasteiger partial charge in [0.2, 0.25) is 5.91 Å². The van der Waals surface area contributed by atoms with E-state index >= 15 is 0 Å². The maximum absolute atomic E-state index is 13.0. The minimum absolute atomic E-state index is 0.113. The molecule has 7 nitrogen and oxygen atoms in total. The van der Waals surface area contributed by atoms with E-state index in [1.807, 2.05) is 77.7 Å². The Bertz CT molecular complexity index is 1120. The quantitative estimate of drug-likeness (QED) is 0.232. The van der Waals surface area contributed by atoms with E-state index in [9.17, 15) is 4.79 Å². The van der Waals surface area contributed by atoms with Crippen molar-refractivity contribution in [3.63, 3.8) is 0 Å². The van der Waals surface area contributed by atoms with Crippen LogP contribution in [0.5, 0.6) is 5.75 Å². The van der Waals surface area contributed by atoms with Gasteiger partial charge in [0.05, 0.1) is 0 Å². The molecule has 0 aliphatic carbocycles. The van der Waals surface area contributed by atoms with Crippen molar-refractivity contribution in [2.24, 2.45) is 5.11 Å². The minimum Gasteiger partial charge on any atom is -0.489 e. The van der Waals surface area contributed by atoms with Crippen molar-refractivity contribution in [3.8, 4) is 5.75 Å². The monoisotopic (exact) mass is 469 g/mol. The minimum atomic E-state index is -0.175. The summed E-state index contributed by atoms with van der Waals surface area (Å²) in [4.78, 5) is 20.2. The van der Waals surface area contributed by atoms with Gasteiger partial charge in [0.25, 0.3) is 0 Å². The highest BCUT2D eigenvalue weighted by atomic mass is 16.5. The van der Waals surface area contributed by atoms with E-state index in [4.69, 9.17) is 10.3 Å². The van der Waals surface area contributed by atoms with Gasteiger partial charge in [-0.1, -0.05) is 77.9 Å². The number of amides is 1. The Morgan fingerprint density at radius 3 is 2.23 bits per heavy atom. The third-order valence-electron chi connectivity index (χ3n) is 6.31. The summed E-state index contributed by atoms with van der Waals surface area (Å²) in [6.45, 7) is 3.74. The Balaban J connectivity index is 1.38. The molecule has 0 saturated carbocycles. The highest BCUT2D eigenvalue weighted by molar-refractivity contribution is 5.77. The fourth-order valence-corrected chi connectivity index (χ4v) is 4.41. The van der Waals surface area contributed by atoms with E-state index in [1.54, 1.807) is 0 Å². The molecule has 3 aromatic rings. The van der Waals surface area contributed by atoms with Gasteiger partial charge in [-0.05, 0) is 40.8 Å². The Labute approximate surface area is 206 Å². The third kappa shape index (κ3) is 7.34. The lowest BCUT2D eigenvalue weighted by molar-refractivity contribution is -0.132. The number of hydrogen-bond donors (Lipinski definition) is 0. The van der Waals surface area contributed by atoms with Gasteiger partial charge < -0.3 is 9.64 Å². The Hall–Kier alpha value is -3.80. The number of carbonyl (C=O) groups is 1. The fraction of sp³-hybridized carbons (Fsp3) is 0.321. The fourth-order valence-electron chi connectivity index (χ4n) is 4.41. The van der Waals surface area contributed by atoms with Crippen LogP contribution >= 0.6 is 0 Å². The summed E-state index contributed by atoms with van der Waals surface area (Å²) in [7, 11) is 0. The molecule has 0 unspecified atom stereocenters. The number of carbonyl (C=O) groups excluding carboxylic acids is 1. The summed E-state index contributed by atoms with van der Waals surface area (Å²) >= 11 is 0. The molecule has 35 heavy (non-hydrogen) atoms. The Kier molecular flexibility index (Phi) is 8.76. The van der Waals surface area contributed by atoms with Crippen molar-refractivity contribution in [1.82, 2.24) is 9.80 Å². The molecule has 4 rings (SSSR count). The lowest BCUT2D eigenvalue weighted by Gasteiger charge is -2.30. The predicted molar refractivity (Wildman–Crippen MR) is 137 cm³/mol. The number of hydrogen-bond acceptors (Lipinski definition) is 4. The molecular weight excluding hydrogens is 438 g/mol. The molecule has 0 bridgehead atoms. The van der Waals surface area contributed by atoms with Crippen LogP contribution in [0.25, 0.3) is 10.4 Å². The standard InChI is InChI=1S/C28H31N5O2/c29-31-30-20-26(19-23-11-13-27(14-12-23)35-22-25-9-5-2-6-10-25)33-18-17-32(16-15-28(33)34)21-24-7-3-1-4-8-24/h1-14,26H,15-22H2/t26-/m0/s1. The normalized spacial score (nSPS) is 15.2. The van der Waals surface area contributed by atoms with Gasteiger partial charge in [0, 0.05) is 50.1 Å². The van der Waals surface area contributed by atoms with Crippen LogP contribution in [-0.2, 0) is 24.4 Å². The van der Waals surface area contributed by atoms with Crippen LogP contribution in [0.2, 0.25) is 0 Å². The zero-order valence-corrected chi connectivity index (χ0v) is 19.9. The summed E-state index contributed by atoms with van der Waals surface area (Å²) in [5.41, 5.74) is 12.4. The van der Waals surface area contributed by atoms with Crippen LogP contribution in [-0.4, -0.2) is 47.9 Å². The average molecular weight is 470 g/mol. The van der Waals surface area contributed by atoms with Gasteiger partial charge in [0.1, 0.15) is 12.4 Å². The van der Waals surface area contributed by atoms with Crippen molar-refractivity contribution in [1.29, 1.82) is 0 Å². The van der Waals surface area contributed by atoms with E-state index < -0.39 is 0 Å². The van der Waals surface area contributed by atoms with E-state index in [0.29, 0.717) is 26.0 Å². The Morgan fingerprint density at radius 2 is 1.54 bits per heavy atom. The molecule has 0 spiro atoms. The molecule has 1 fully saturated rings. The molecule has 7 heteroatoms. The molecular formula is C28H31N5O2. The SMILES string of the molecule is [N-]=[N+]=NC[C@H](Cc1ccc(OCc2ccccc2)cc1)N1CCN(Cc2ccccc2)CCC1=O. The summed E-state index contributed by atoms with van der Waals surface area (Å²) < 4.78 is 5.89.